The fourth-order valence-electron chi connectivity index (χ4n) is 2.66. The average molecular weight is 278 g/mol. The van der Waals surface area contributed by atoms with E-state index in [0.29, 0.717) is 17.3 Å². The maximum atomic E-state index is 5.78. The van der Waals surface area contributed by atoms with Gasteiger partial charge >= 0.3 is 0 Å². The normalized spacial score (nSPS) is 17.4. The van der Waals surface area contributed by atoms with Crippen molar-refractivity contribution in [1.82, 2.24) is 15.0 Å². The van der Waals surface area contributed by atoms with E-state index in [1.54, 1.807) is 0 Å². The number of nitrogens with zero attached hydrogens (tertiary/aromatic N) is 5. The van der Waals surface area contributed by atoms with Crippen molar-refractivity contribution in [2.24, 2.45) is 11.3 Å². The average Bonchev–Trinajstić information content (AvgIpc) is 2.37. The minimum absolute atomic E-state index is 0.289. The van der Waals surface area contributed by atoms with E-state index in [4.69, 9.17) is 5.73 Å². The molecule has 0 aromatic carbocycles. The molecule has 0 radical (unpaired) electrons. The maximum absolute atomic E-state index is 5.78. The van der Waals surface area contributed by atoms with Crippen molar-refractivity contribution in [1.29, 1.82) is 0 Å². The molecule has 1 aliphatic heterocycles. The van der Waals surface area contributed by atoms with Crippen LogP contribution >= 0.6 is 0 Å². The van der Waals surface area contributed by atoms with Gasteiger partial charge in [-0.05, 0) is 24.2 Å². The number of anilines is 3. The predicted octanol–water partition coefficient (Wildman–Crippen LogP) is 1.78. The molecular weight excluding hydrogens is 252 g/mol. The largest absolute Gasteiger partial charge is 0.368 e. The minimum atomic E-state index is 0.289. The predicted molar refractivity (Wildman–Crippen MR) is 83.0 cm³/mol. The molecule has 1 aliphatic rings. The third-order valence-electron chi connectivity index (χ3n) is 4.03. The van der Waals surface area contributed by atoms with Crippen molar-refractivity contribution in [2.75, 3.05) is 42.7 Å². The van der Waals surface area contributed by atoms with E-state index in [0.717, 1.165) is 19.0 Å². The Bertz CT molecular complexity index is 457. The van der Waals surface area contributed by atoms with Crippen molar-refractivity contribution in [3.63, 3.8) is 0 Å². The van der Waals surface area contributed by atoms with Gasteiger partial charge in [-0.2, -0.15) is 15.0 Å². The van der Waals surface area contributed by atoms with Crippen LogP contribution < -0.4 is 15.5 Å². The Balaban J connectivity index is 2.11. The van der Waals surface area contributed by atoms with Gasteiger partial charge in [0.15, 0.2) is 0 Å². The number of nitrogens with two attached hydrogens (primary N) is 1. The van der Waals surface area contributed by atoms with Gasteiger partial charge in [-0.3, -0.25) is 0 Å². The fourth-order valence-corrected chi connectivity index (χ4v) is 2.66. The third-order valence-corrected chi connectivity index (χ3v) is 4.03. The highest BCUT2D eigenvalue weighted by atomic mass is 15.3. The Morgan fingerprint density at radius 2 is 1.70 bits per heavy atom. The number of aromatic nitrogens is 3. The van der Waals surface area contributed by atoms with Crippen LogP contribution in [-0.4, -0.2) is 42.1 Å². The summed E-state index contributed by atoms with van der Waals surface area (Å²) >= 11 is 0. The second-order valence-electron chi connectivity index (χ2n) is 6.82. The van der Waals surface area contributed by atoms with Crippen LogP contribution in [0.2, 0.25) is 0 Å². The van der Waals surface area contributed by atoms with Crippen molar-refractivity contribution >= 4 is 17.8 Å². The number of hydrogen-bond donors (Lipinski definition) is 1. The lowest BCUT2D eigenvalue weighted by Gasteiger charge is -2.38. The molecule has 0 spiro atoms. The molecule has 0 aliphatic carbocycles. The Hall–Kier alpha value is -1.59. The van der Waals surface area contributed by atoms with Crippen LogP contribution in [0.4, 0.5) is 17.8 Å². The SMILES string of the molecule is CN(C)c1nc(N)nc(N2CCC(C(C)(C)C)CC2)n1. The molecule has 1 aromatic heterocycles. The lowest BCUT2D eigenvalue weighted by Crippen LogP contribution is -2.39. The van der Waals surface area contributed by atoms with Gasteiger partial charge in [0.25, 0.3) is 0 Å². The van der Waals surface area contributed by atoms with Gasteiger partial charge in [0.1, 0.15) is 0 Å². The molecule has 2 heterocycles. The lowest BCUT2D eigenvalue weighted by molar-refractivity contribution is 0.198. The first-order valence-electron chi connectivity index (χ1n) is 7.21. The molecule has 2 rings (SSSR count). The van der Waals surface area contributed by atoms with Crippen molar-refractivity contribution < 1.29 is 0 Å². The summed E-state index contributed by atoms with van der Waals surface area (Å²) in [7, 11) is 3.81. The molecule has 2 N–H and O–H groups in total. The Morgan fingerprint density at radius 1 is 1.10 bits per heavy atom. The van der Waals surface area contributed by atoms with Crippen LogP contribution in [0.25, 0.3) is 0 Å². The molecule has 112 valence electrons. The van der Waals surface area contributed by atoms with E-state index in [2.05, 4.69) is 40.6 Å². The fraction of sp³-hybridized carbons (Fsp3) is 0.786. The first-order chi connectivity index (χ1) is 9.27. The highest BCUT2D eigenvalue weighted by Crippen LogP contribution is 2.35. The summed E-state index contributed by atoms with van der Waals surface area (Å²) in [5, 5.41) is 0. The highest BCUT2D eigenvalue weighted by molar-refractivity contribution is 5.42. The summed E-state index contributed by atoms with van der Waals surface area (Å²) in [6.07, 6.45) is 2.35. The topological polar surface area (TPSA) is 71.2 Å². The Kier molecular flexibility index (Phi) is 4.01. The molecular formula is C14H26N6. The van der Waals surface area contributed by atoms with Crippen LogP contribution in [0.15, 0.2) is 0 Å². The highest BCUT2D eigenvalue weighted by Gasteiger charge is 2.29. The molecule has 1 aromatic rings. The quantitative estimate of drug-likeness (QED) is 0.889. The standard InChI is InChI=1S/C14H26N6/c1-14(2,3)10-6-8-20(9-7-10)13-17-11(15)16-12(18-13)19(4)5/h10H,6-9H2,1-5H3,(H2,15,16,17,18). The summed E-state index contributed by atoms with van der Waals surface area (Å²) in [5.41, 5.74) is 6.16. The van der Waals surface area contributed by atoms with Gasteiger partial charge in [0.05, 0.1) is 0 Å². The third kappa shape index (κ3) is 3.29. The van der Waals surface area contributed by atoms with Crippen LogP contribution in [0.1, 0.15) is 33.6 Å². The van der Waals surface area contributed by atoms with Crippen molar-refractivity contribution in [2.45, 2.75) is 33.6 Å². The molecule has 1 saturated heterocycles. The molecule has 0 amide bonds. The Labute approximate surface area is 121 Å². The Morgan fingerprint density at radius 3 is 2.20 bits per heavy atom. The second kappa shape index (κ2) is 5.42. The van der Waals surface area contributed by atoms with E-state index in [1.165, 1.54) is 12.8 Å². The second-order valence-corrected chi connectivity index (χ2v) is 6.82. The minimum Gasteiger partial charge on any atom is -0.368 e. The summed E-state index contributed by atoms with van der Waals surface area (Å²) in [6, 6.07) is 0. The number of piperidine rings is 1. The number of rotatable bonds is 2. The molecule has 20 heavy (non-hydrogen) atoms. The zero-order valence-corrected chi connectivity index (χ0v) is 13.2. The number of nitrogen functional groups attached to an aromatic ring is 1. The van der Waals surface area contributed by atoms with Gasteiger partial charge in [0.2, 0.25) is 17.8 Å². The maximum Gasteiger partial charge on any atom is 0.231 e. The first-order valence-corrected chi connectivity index (χ1v) is 7.21. The van der Waals surface area contributed by atoms with Gasteiger partial charge in [-0.1, -0.05) is 20.8 Å². The van der Waals surface area contributed by atoms with Crippen molar-refractivity contribution in [3.8, 4) is 0 Å². The molecule has 0 unspecified atom stereocenters. The van der Waals surface area contributed by atoms with E-state index >= 15 is 0 Å². The zero-order chi connectivity index (χ0) is 14.9. The van der Waals surface area contributed by atoms with Gasteiger partial charge in [-0.25, -0.2) is 0 Å². The molecule has 6 heteroatoms. The van der Waals surface area contributed by atoms with Crippen LogP contribution in [0.5, 0.6) is 0 Å². The summed E-state index contributed by atoms with van der Waals surface area (Å²) in [6.45, 7) is 8.92. The molecule has 0 bridgehead atoms. The summed E-state index contributed by atoms with van der Waals surface area (Å²) < 4.78 is 0. The first kappa shape index (κ1) is 14.8. The molecule has 0 atom stereocenters. The van der Waals surface area contributed by atoms with Gasteiger partial charge < -0.3 is 15.5 Å². The zero-order valence-electron chi connectivity index (χ0n) is 13.2. The molecule has 0 saturated carbocycles. The van der Waals surface area contributed by atoms with Gasteiger partial charge in [0, 0.05) is 27.2 Å². The van der Waals surface area contributed by atoms with E-state index in [9.17, 15) is 0 Å². The van der Waals surface area contributed by atoms with Crippen LogP contribution in [-0.2, 0) is 0 Å². The van der Waals surface area contributed by atoms with Crippen LogP contribution in [0.3, 0.4) is 0 Å². The lowest BCUT2D eigenvalue weighted by atomic mass is 9.75. The molecule has 1 fully saturated rings. The van der Waals surface area contributed by atoms with E-state index in [-0.39, 0.29) is 5.95 Å². The van der Waals surface area contributed by atoms with Crippen molar-refractivity contribution in [3.05, 3.63) is 0 Å². The van der Waals surface area contributed by atoms with E-state index in [1.807, 2.05) is 19.0 Å². The van der Waals surface area contributed by atoms with E-state index < -0.39 is 0 Å². The number of hydrogen-bond acceptors (Lipinski definition) is 6. The van der Waals surface area contributed by atoms with Gasteiger partial charge in [-0.15, -0.1) is 0 Å². The summed E-state index contributed by atoms with van der Waals surface area (Å²) in [5.74, 6) is 2.36. The molecule has 6 nitrogen and oxygen atoms in total. The smallest absolute Gasteiger partial charge is 0.231 e. The van der Waals surface area contributed by atoms with Crippen LogP contribution in [0, 0.1) is 11.3 Å². The monoisotopic (exact) mass is 278 g/mol. The summed E-state index contributed by atoms with van der Waals surface area (Å²) in [4.78, 5) is 17.0.